The summed E-state index contributed by atoms with van der Waals surface area (Å²) in [5, 5.41) is 0. The molecule has 0 atom stereocenters. The molecule has 0 radical (unpaired) electrons. The average Bonchev–Trinajstić information content (AvgIpc) is 3.25. The molecule has 4 rings (SSSR count). The Balaban J connectivity index is 1.46. The first-order chi connectivity index (χ1) is 18.7. The Hall–Kier alpha value is -3.61. The number of nitrogens with zero attached hydrogens (tertiary/aromatic N) is 5. The van der Waals surface area contributed by atoms with E-state index in [9.17, 15) is 4.79 Å². The third-order valence-electron chi connectivity index (χ3n) is 6.43. The number of nitrogen functional groups attached to an aromatic ring is 1. The Morgan fingerprint density at radius 3 is 2.54 bits per heavy atom. The number of benzene rings is 1. The molecule has 0 unspecified atom stereocenters. The van der Waals surface area contributed by atoms with Crippen LogP contribution in [0.2, 0.25) is 0 Å². The molecule has 1 aromatic carbocycles. The third-order valence-corrected chi connectivity index (χ3v) is 6.43. The Kier molecular flexibility index (Phi) is 9.44. The molecule has 1 fully saturated rings. The second-order valence-electron chi connectivity index (χ2n) is 10.8. The van der Waals surface area contributed by atoms with Crippen molar-refractivity contribution in [2.75, 3.05) is 38.5 Å². The van der Waals surface area contributed by atoms with Crippen molar-refractivity contribution in [3.63, 3.8) is 0 Å². The number of carbonyl (C=O) groups excluding carboxylic acids is 1. The van der Waals surface area contributed by atoms with E-state index in [1.165, 1.54) is 0 Å². The number of carbonyl (C=O) groups is 1. The van der Waals surface area contributed by atoms with Gasteiger partial charge in [0.25, 0.3) is 0 Å². The zero-order valence-electron chi connectivity index (χ0n) is 23.6. The first kappa shape index (κ1) is 28.4. The molecule has 1 aliphatic rings. The molecule has 1 amide bonds. The van der Waals surface area contributed by atoms with Gasteiger partial charge in [-0.3, -0.25) is 4.90 Å². The maximum atomic E-state index is 12.3. The van der Waals surface area contributed by atoms with Crippen molar-refractivity contribution in [3.05, 3.63) is 53.5 Å². The van der Waals surface area contributed by atoms with Gasteiger partial charge in [0, 0.05) is 38.8 Å². The lowest BCUT2D eigenvalue weighted by Crippen LogP contribution is -2.50. The molecular weight excluding hydrogens is 492 g/mol. The van der Waals surface area contributed by atoms with Crippen LogP contribution in [0.3, 0.4) is 0 Å². The number of hydrogen-bond donors (Lipinski definition) is 1. The minimum absolute atomic E-state index is 0.258. The summed E-state index contributed by atoms with van der Waals surface area (Å²) in [6.07, 6.45) is 4.54. The minimum atomic E-state index is -0.491. The van der Waals surface area contributed by atoms with Gasteiger partial charge in [-0.25, -0.2) is 14.8 Å². The number of fused-ring (bicyclic) bond motifs is 1. The van der Waals surface area contributed by atoms with Crippen LogP contribution in [0.5, 0.6) is 0 Å². The van der Waals surface area contributed by atoms with E-state index in [1.807, 2.05) is 61.9 Å². The lowest BCUT2D eigenvalue weighted by Gasteiger charge is -2.34. The van der Waals surface area contributed by atoms with Crippen LogP contribution in [-0.4, -0.2) is 68.8 Å². The van der Waals surface area contributed by atoms with Crippen LogP contribution >= 0.6 is 0 Å². The maximum Gasteiger partial charge on any atom is 0.410 e. The highest BCUT2D eigenvalue weighted by atomic mass is 16.6. The smallest absolute Gasteiger partial charge is 0.410 e. The Labute approximate surface area is 231 Å². The summed E-state index contributed by atoms with van der Waals surface area (Å²) in [7, 11) is 0. The van der Waals surface area contributed by atoms with Crippen molar-refractivity contribution < 1.29 is 14.3 Å². The molecule has 3 aromatic rings. The summed E-state index contributed by atoms with van der Waals surface area (Å²) in [6, 6.07) is 10.1. The number of ether oxygens (including phenoxy) is 2. The molecule has 9 heteroatoms. The van der Waals surface area contributed by atoms with Gasteiger partial charge in [0.15, 0.2) is 5.82 Å². The normalized spacial score (nSPS) is 14.3. The molecule has 0 saturated carbocycles. The van der Waals surface area contributed by atoms with Crippen molar-refractivity contribution in [2.24, 2.45) is 0 Å². The van der Waals surface area contributed by atoms with Crippen LogP contribution in [0.4, 0.5) is 10.6 Å². The standard InChI is InChI=1S/C30H40N6O3/c1-5-6-14-25-32-26-24(13-10-15-34-16-18-35(19-17-34)29(37)39-30(2,3)4)20-36(27(26)28(31)33-25)22-38-21-23-11-8-7-9-12-23/h7-9,11-12,20H,5-6,14-19,21-22H2,1-4H3,(H2,31,32,33). The second-order valence-corrected chi connectivity index (χ2v) is 10.8. The largest absolute Gasteiger partial charge is 0.444 e. The summed E-state index contributed by atoms with van der Waals surface area (Å²) in [4.78, 5) is 25.8. The number of aryl methyl sites for hydroxylation is 1. The van der Waals surface area contributed by atoms with E-state index in [0.29, 0.717) is 38.8 Å². The molecule has 2 N–H and O–H groups in total. The quantitative estimate of drug-likeness (QED) is 0.429. The zero-order valence-corrected chi connectivity index (χ0v) is 23.6. The third kappa shape index (κ3) is 7.94. The fourth-order valence-electron chi connectivity index (χ4n) is 4.41. The lowest BCUT2D eigenvalue weighted by molar-refractivity contribution is 0.0155. The van der Waals surface area contributed by atoms with Crippen molar-refractivity contribution in [3.8, 4) is 11.8 Å². The summed E-state index contributed by atoms with van der Waals surface area (Å²) in [5.41, 5.74) is 9.36. The highest BCUT2D eigenvalue weighted by Gasteiger charge is 2.25. The summed E-state index contributed by atoms with van der Waals surface area (Å²) < 4.78 is 13.4. The van der Waals surface area contributed by atoms with E-state index >= 15 is 0 Å². The summed E-state index contributed by atoms with van der Waals surface area (Å²) >= 11 is 0. The van der Waals surface area contributed by atoms with Gasteiger partial charge in [-0.05, 0) is 32.8 Å². The van der Waals surface area contributed by atoms with Crippen LogP contribution in [-0.2, 0) is 29.2 Å². The van der Waals surface area contributed by atoms with Crippen LogP contribution in [0, 0.1) is 11.8 Å². The second kappa shape index (κ2) is 13.0. The van der Waals surface area contributed by atoms with Gasteiger partial charge in [0.05, 0.1) is 18.7 Å². The Morgan fingerprint density at radius 1 is 1.10 bits per heavy atom. The molecule has 0 bridgehead atoms. The molecule has 208 valence electrons. The number of aromatic nitrogens is 3. The highest BCUT2D eigenvalue weighted by Crippen LogP contribution is 2.24. The number of hydrogen-bond acceptors (Lipinski definition) is 7. The van der Waals surface area contributed by atoms with Gasteiger partial charge in [-0.15, -0.1) is 0 Å². The Bertz CT molecular complexity index is 1310. The molecule has 1 aliphatic heterocycles. The van der Waals surface area contributed by atoms with E-state index in [4.69, 9.17) is 20.2 Å². The zero-order chi connectivity index (χ0) is 27.8. The first-order valence-corrected chi connectivity index (χ1v) is 13.7. The van der Waals surface area contributed by atoms with E-state index in [0.717, 1.165) is 60.3 Å². The number of anilines is 1. The maximum absolute atomic E-state index is 12.3. The fraction of sp³-hybridized carbons (Fsp3) is 0.500. The van der Waals surface area contributed by atoms with Crippen molar-refractivity contribution >= 4 is 22.9 Å². The summed E-state index contributed by atoms with van der Waals surface area (Å²) in [6.45, 7) is 12.0. The molecular formula is C30H40N6O3. The molecule has 2 aromatic heterocycles. The van der Waals surface area contributed by atoms with Gasteiger partial charge in [-0.1, -0.05) is 55.5 Å². The van der Waals surface area contributed by atoms with E-state index in [2.05, 4.69) is 28.6 Å². The minimum Gasteiger partial charge on any atom is -0.444 e. The predicted molar refractivity (Wildman–Crippen MR) is 153 cm³/mol. The fourth-order valence-corrected chi connectivity index (χ4v) is 4.41. The van der Waals surface area contributed by atoms with Gasteiger partial charge in [-0.2, -0.15) is 0 Å². The van der Waals surface area contributed by atoms with E-state index in [1.54, 1.807) is 4.90 Å². The number of unbranched alkanes of at least 4 members (excludes halogenated alkanes) is 1. The Morgan fingerprint density at radius 2 is 1.85 bits per heavy atom. The first-order valence-electron chi connectivity index (χ1n) is 13.7. The molecule has 3 heterocycles. The van der Waals surface area contributed by atoms with Crippen LogP contribution in [0.25, 0.3) is 11.0 Å². The van der Waals surface area contributed by atoms with Crippen LogP contribution in [0.1, 0.15) is 57.5 Å². The highest BCUT2D eigenvalue weighted by molar-refractivity contribution is 5.90. The molecule has 39 heavy (non-hydrogen) atoms. The molecule has 1 saturated heterocycles. The molecule has 0 spiro atoms. The number of amides is 1. The average molecular weight is 533 g/mol. The van der Waals surface area contributed by atoms with E-state index < -0.39 is 5.60 Å². The van der Waals surface area contributed by atoms with Gasteiger partial charge >= 0.3 is 6.09 Å². The lowest BCUT2D eigenvalue weighted by atomic mass is 10.2. The number of nitrogens with two attached hydrogens (primary N) is 1. The molecule has 0 aliphatic carbocycles. The van der Waals surface area contributed by atoms with Crippen molar-refractivity contribution in [1.29, 1.82) is 0 Å². The SMILES string of the molecule is CCCCc1nc(N)c2c(n1)c(C#CCN1CCN(C(=O)OC(C)(C)C)CC1)cn2COCc1ccccc1. The molecule has 9 nitrogen and oxygen atoms in total. The summed E-state index contributed by atoms with van der Waals surface area (Å²) in [5.74, 6) is 7.82. The van der Waals surface area contributed by atoms with Crippen molar-refractivity contribution in [1.82, 2.24) is 24.3 Å². The van der Waals surface area contributed by atoms with Crippen molar-refractivity contribution in [2.45, 2.75) is 65.9 Å². The number of piperazine rings is 1. The van der Waals surface area contributed by atoms with Gasteiger partial charge in [0.1, 0.15) is 29.2 Å². The number of rotatable bonds is 8. The van der Waals surface area contributed by atoms with Gasteiger partial charge in [0.2, 0.25) is 0 Å². The topological polar surface area (TPSA) is 98.7 Å². The van der Waals surface area contributed by atoms with Crippen LogP contribution in [0.15, 0.2) is 36.5 Å². The van der Waals surface area contributed by atoms with Gasteiger partial charge < -0.3 is 24.7 Å². The van der Waals surface area contributed by atoms with E-state index in [-0.39, 0.29) is 6.09 Å². The van der Waals surface area contributed by atoms with Crippen LogP contribution < -0.4 is 5.73 Å². The monoisotopic (exact) mass is 532 g/mol. The predicted octanol–water partition coefficient (Wildman–Crippen LogP) is 4.43.